The smallest absolute Gasteiger partial charge is 0.134 e. The maximum Gasteiger partial charge on any atom is 0.134 e. The molecule has 0 bridgehead atoms. The predicted octanol–water partition coefficient (Wildman–Crippen LogP) is 3.98. The van der Waals surface area contributed by atoms with Crippen LogP contribution in [-0.4, -0.2) is 19.7 Å². The molecule has 0 spiro atoms. The Morgan fingerprint density at radius 1 is 1.22 bits per heavy atom. The summed E-state index contributed by atoms with van der Waals surface area (Å²) in [4.78, 5) is 0. The van der Waals surface area contributed by atoms with E-state index in [0.717, 1.165) is 23.2 Å². The summed E-state index contributed by atoms with van der Waals surface area (Å²) in [6.07, 6.45) is 1.19. The van der Waals surface area contributed by atoms with E-state index < -0.39 is 0 Å². The van der Waals surface area contributed by atoms with Crippen LogP contribution in [0.1, 0.15) is 13.3 Å². The largest absolute Gasteiger partial charge is 0.488 e. The Labute approximate surface area is 116 Å². The highest BCUT2D eigenvalue weighted by molar-refractivity contribution is 9.10. The van der Waals surface area contributed by atoms with Gasteiger partial charge in [0.05, 0.1) is 4.47 Å². The maximum absolute atomic E-state index is 6.03. The summed E-state index contributed by atoms with van der Waals surface area (Å²) in [6, 6.07) is 12.4. The van der Waals surface area contributed by atoms with Crippen LogP contribution in [0.5, 0.6) is 5.75 Å². The van der Waals surface area contributed by atoms with Gasteiger partial charge < -0.3 is 10.1 Å². The van der Waals surface area contributed by atoms with Crippen molar-refractivity contribution in [2.24, 2.45) is 0 Å². The average molecular weight is 308 g/mol. The third-order valence-electron chi connectivity index (χ3n) is 3.01. The molecule has 2 aromatic rings. The van der Waals surface area contributed by atoms with Crippen molar-refractivity contribution in [2.75, 3.05) is 13.6 Å². The molecule has 0 aliphatic carbocycles. The molecule has 0 radical (unpaired) electrons. The number of rotatable bonds is 5. The average Bonchev–Trinajstić information content (AvgIpc) is 2.41. The number of ether oxygens (including phenoxy) is 1. The van der Waals surface area contributed by atoms with Crippen LogP contribution in [0.3, 0.4) is 0 Å². The van der Waals surface area contributed by atoms with Crippen LogP contribution < -0.4 is 10.1 Å². The summed E-state index contributed by atoms with van der Waals surface area (Å²) in [5, 5.41) is 5.57. The molecule has 0 fully saturated rings. The van der Waals surface area contributed by atoms with Crippen molar-refractivity contribution >= 4 is 26.7 Å². The first-order valence-electron chi connectivity index (χ1n) is 6.24. The SMILES string of the molecule is CCC(CNC)Oc1ccc2ccccc2c1Br. The molecule has 18 heavy (non-hydrogen) atoms. The molecule has 0 saturated heterocycles. The van der Waals surface area contributed by atoms with Gasteiger partial charge in [-0.25, -0.2) is 0 Å². The second kappa shape index (κ2) is 6.21. The van der Waals surface area contributed by atoms with Crippen LogP contribution in [0.15, 0.2) is 40.9 Å². The first-order chi connectivity index (χ1) is 8.76. The lowest BCUT2D eigenvalue weighted by atomic mass is 10.1. The summed E-state index contributed by atoms with van der Waals surface area (Å²) in [5.41, 5.74) is 0. The highest BCUT2D eigenvalue weighted by Crippen LogP contribution is 2.33. The lowest BCUT2D eigenvalue weighted by Crippen LogP contribution is -2.28. The Bertz CT molecular complexity index is 527. The maximum atomic E-state index is 6.03. The van der Waals surface area contributed by atoms with Gasteiger partial charge in [0.1, 0.15) is 11.9 Å². The van der Waals surface area contributed by atoms with Gasteiger partial charge in [-0.3, -0.25) is 0 Å². The van der Waals surface area contributed by atoms with Gasteiger partial charge in [0.2, 0.25) is 0 Å². The molecule has 1 N–H and O–H groups in total. The molecule has 0 aliphatic rings. The number of hydrogen-bond acceptors (Lipinski definition) is 2. The zero-order chi connectivity index (χ0) is 13.0. The molecular formula is C15H18BrNO. The molecule has 2 rings (SSSR count). The minimum absolute atomic E-state index is 0.201. The monoisotopic (exact) mass is 307 g/mol. The summed E-state index contributed by atoms with van der Waals surface area (Å²) in [6.45, 7) is 2.99. The standard InChI is InChI=1S/C15H18BrNO/c1-3-12(10-17-2)18-14-9-8-11-6-4-5-7-13(11)15(14)16/h4-9,12,17H,3,10H2,1-2H3. The molecule has 1 atom stereocenters. The van der Waals surface area contributed by atoms with Crippen molar-refractivity contribution in [3.63, 3.8) is 0 Å². The van der Waals surface area contributed by atoms with Crippen molar-refractivity contribution in [2.45, 2.75) is 19.4 Å². The van der Waals surface area contributed by atoms with Gasteiger partial charge in [-0.05, 0) is 46.2 Å². The second-order valence-electron chi connectivity index (χ2n) is 4.30. The Morgan fingerprint density at radius 2 is 2.00 bits per heavy atom. The molecule has 3 heteroatoms. The van der Waals surface area contributed by atoms with E-state index in [4.69, 9.17) is 4.74 Å². The van der Waals surface area contributed by atoms with Crippen molar-refractivity contribution in [3.05, 3.63) is 40.9 Å². The lowest BCUT2D eigenvalue weighted by Gasteiger charge is -2.18. The Hall–Kier alpha value is -1.06. The first-order valence-corrected chi connectivity index (χ1v) is 7.04. The molecule has 2 nitrogen and oxygen atoms in total. The normalized spacial score (nSPS) is 12.6. The number of fused-ring (bicyclic) bond motifs is 1. The van der Waals surface area contributed by atoms with Crippen LogP contribution >= 0.6 is 15.9 Å². The zero-order valence-corrected chi connectivity index (χ0v) is 12.3. The van der Waals surface area contributed by atoms with E-state index in [-0.39, 0.29) is 6.10 Å². The summed E-state index contributed by atoms with van der Waals surface area (Å²) >= 11 is 3.65. The van der Waals surface area contributed by atoms with E-state index in [0.29, 0.717) is 0 Å². The van der Waals surface area contributed by atoms with E-state index in [1.807, 2.05) is 25.2 Å². The minimum Gasteiger partial charge on any atom is -0.488 e. The Kier molecular flexibility index (Phi) is 4.61. The predicted molar refractivity (Wildman–Crippen MR) is 80.3 cm³/mol. The second-order valence-corrected chi connectivity index (χ2v) is 5.10. The molecule has 0 aliphatic heterocycles. The van der Waals surface area contributed by atoms with Crippen LogP contribution in [0, 0.1) is 0 Å². The number of hydrogen-bond donors (Lipinski definition) is 1. The molecule has 2 aromatic carbocycles. The fourth-order valence-corrected chi connectivity index (χ4v) is 2.57. The molecule has 0 amide bonds. The van der Waals surface area contributed by atoms with E-state index in [1.54, 1.807) is 0 Å². The van der Waals surface area contributed by atoms with Gasteiger partial charge in [-0.2, -0.15) is 0 Å². The third kappa shape index (κ3) is 2.85. The van der Waals surface area contributed by atoms with Crippen LogP contribution in [-0.2, 0) is 0 Å². The summed E-state index contributed by atoms with van der Waals surface area (Å²) < 4.78 is 7.07. The van der Waals surface area contributed by atoms with E-state index in [1.165, 1.54) is 10.8 Å². The van der Waals surface area contributed by atoms with Gasteiger partial charge in [0, 0.05) is 6.54 Å². The fourth-order valence-electron chi connectivity index (χ4n) is 1.98. The van der Waals surface area contributed by atoms with Gasteiger partial charge in [-0.15, -0.1) is 0 Å². The van der Waals surface area contributed by atoms with Gasteiger partial charge >= 0.3 is 0 Å². The van der Waals surface area contributed by atoms with Crippen molar-refractivity contribution < 1.29 is 4.74 Å². The van der Waals surface area contributed by atoms with E-state index in [9.17, 15) is 0 Å². The van der Waals surface area contributed by atoms with E-state index in [2.05, 4.69) is 46.4 Å². The Balaban J connectivity index is 2.31. The lowest BCUT2D eigenvalue weighted by molar-refractivity contribution is 0.195. The fraction of sp³-hybridized carbons (Fsp3) is 0.333. The number of nitrogens with one attached hydrogen (secondary N) is 1. The number of halogens is 1. The highest BCUT2D eigenvalue weighted by atomic mass is 79.9. The van der Waals surface area contributed by atoms with Gasteiger partial charge in [0.25, 0.3) is 0 Å². The molecule has 1 unspecified atom stereocenters. The van der Waals surface area contributed by atoms with Crippen LogP contribution in [0.2, 0.25) is 0 Å². The first kappa shape index (κ1) is 13.4. The van der Waals surface area contributed by atoms with Crippen molar-refractivity contribution in [3.8, 4) is 5.75 Å². The summed E-state index contributed by atoms with van der Waals surface area (Å²) in [5.74, 6) is 0.913. The molecular weight excluding hydrogens is 290 g/mol. The van der Waals surface area contributed by atoms with Gasteiger partial charge in [-0.1, -0.05) is 37.3 Å². The summed E-state index contributed by atoms with van der Waals surface area (Å²) in [7, 11) is 1.95. The van der Waals surface area contributed by atoms with E-state index >= 15 is 0 Å². The molecule has 0 saturated carbocycles. The van der Waals surface area contributed by atoms with Gasteiger partial charge in [0.15, 0.2) is 0 Å². The highest BCUT2D eigenvalue weighted by Gasteiger charge is 2.11. The molecule has 0 heterocycles. The van der Waals surface area contributed by atoms with Crippen LogP contribution in [0.25, 0.3) is 10.8 Å². The zero-order valence-electron chi connectivity index (χ0n) is 10.7. The Morgan fingerprint density at radius 3 is 2.72 bits per heavy atom. The van der Waals surface area contributed by atoms with Crippen LogP contribution in [0.4, 0.5) is 0 Å². The molecule has 96 valence electrons. The minimum atomic E-state index is 0.201. The number of benzene rings is 2. The van der Waals surface area contributed by atoms with Crippen molar-refractivity contribution in [1.82, 2.24) is 5.32 Å². The third-order valence-corrected chi connectivity index (χ3v) is 3.83. The topological polar surface area (TPSA) is 21.3 Å². The quantitative estimate of drug-likeness (QED) is 0.902. The molecule has 0 aromatic heterocycles. The number of likely N-dealkylation sites (N-methyl/N-ethyl adjacent to an activating group) is 1. The van der Waals surface area contributed by atoms with Crippen molar-refractivity contribution in [1.29, 1.82) is 0 Å².